The molecular weight excluding hydrogens is 389 g/mol. The molecule has 1 aliphatic rings. The molecule has 1 aromatic rings. The molecule has 1 aliphatic carbocycles. The number of rotatable bonds is 6. The SMILES string of the molecule is COc1c(F)cc(S(=O)(=O)NC2(CN)CCCCC2C)cc1[N+](=O)[O-].Cl. The van der Waals surface area contributed by atoms with Crippen LogP contribution in [0.25, 0.3) is 0 Å². The zero-order chi connectivity index (χ0) is 18.8. The van der Waals surface area contributed by atoms with E-state index in [-0.39, 0.29) is 24.9 Å². The van der Waals surface area contributed by atoms with Crippen molar-refractivity contribution in [3.05, 3.63) is 28.1 Å². The molecule has 0 saturated heterocycles. The van der Waals surface area contributed by atoms with Crippen LogP contribution in [0.3, 0.4) is 0 Å². The Labute approximate surface area is 157 Å². The number of nitrogens with two attached hydrogens (primary N) is 1. The molecule has 1 aromatic carbocycles. The third kappa shape index (κ3) is 4.25. The summed E-state index contributed by atoms with van der Waals surface area (Å²) in [4.78, 5) is 9.69. The van der Waals surface area contributed by atoms with Crippen molar-refractivity contribution in [2.75, 3.05) is 13.7 Å². The molecule has 0 aromatic heterocycles. The van der Waals surface area contributed by atoms with E-state index in [1.807, 2.05) is 6.92 Å². The Morgan fingerprint density at radius 1 is 1.46 bits per heavy atom. The van der Waals surface area contributed by atoms with Gasteiger partial charge in [0.25, 0.3) is 0 Å². The minimum absolute atomic E-state index is 0. The lowest BCUT2D eigenvalue weighted by Gasteiger charge is -2.42. The maximum Gasteiger partial charge on any atom is 0.315 e. The Morgan fingerprint density at radius 2 is 2.12 bits per heavy atom. The van der Waals surface area contributed by atoms with Crippen molar-refractivity contribution in [2.45, 2.75) is 43.0 Å². The van der Waals surface area contributed by atoms with Crippen LogP contribution in [-0.2, 0) is 10.0 Å². The number of nitrogens with one attached hydrogen (secondary N) is 1. The van der Waals surface area contributed by atoms with Crippen LogP contribution in [0.1, 0.15) is 32.6 Å². The number of methoxy groups -OCH3 is 1. The molecule has 2 atom stereocenters. The molecule has 1 saturated carbocycles. The van der Waals surface area contributed by atoms with E-state index in [0.29, 0.717) is 12.5 Å². The fraction of sp³-hybridized carbons (Fsp3) is 0.600. The topological polar surface area (TPSA) is 125 Å². The van der Waals surface area contributed by atoms with Crippen LogP contribution < -0.4 is 15.2 Å². The first kappa shape index (κ1) is 22.6. The summed E-state index contributed by atoms with van der Waals surface area (Å²) >= 11 is 0. The number of nitro benzene ring substituents is 1. The van der Waals surface area contributed by atoms with Gasteiger partial charge in [-0.1, -0.05) is 19.8 Å². The standard InChI is InChI=1S/C15H22FN3O5S.ClH/c1-10-5-3-4-6-15(10,9-17)18-25(22,23)11-7-12(16)14(24-2)13(8-11)19(20)21;/h7-8,10,18H,3-6,9,17H2,1-2H3;1H. The Balaban J connectivity index is 0.00000338. The van der Waals surface area contributed by atoms with Crippen molar-refractivity contribution < 1.29 is 22.5 Å². The first-order chi connectivity index (χ1) is 11.7. The van der Waals surface area contributed by atoms with Gasteiger partial charge in [0.15, 0.2) is 5.82 Å². The highest BCUT2D eigenvalue weighted by atomic mass is 35.5. The van der Waals surface area contributed by atoms with Crippen molar-refractivity contribution in [1.82, 2.24) is 4.72 Å². The lowest BCUT2D eigenvalue weighted by molar-refractivity contribution is -0.386. The molecule has 0 aliphatic heterocycles. The molecular formula is C15H23ClFN3O5S. The van der Waals surface area contributed by atoms with Crippen molar-refractivity contribution in [3.63, 3.8) is 0 Å². The average Bonchev–Trinajstić information content (AvgIpc) is 2.56. The van der Waals surface area contributed by atoms with Crippen LogP contribution in [0, 0.1) is 21.8 Å². The molecule has 0 spiro atoms. The summed E-state index contributed by atoms with van der Waals surface area (Å²) in [5.41, 5.74) is 4.24. The van der Waals surface area contributed by atoms with E-state index in [1.165, 1.54) is 0 Å². The van der Waals surface area contributed by atoms with Gasteiger partial charge in [0.1, 0.15) is 0 Å². The van der Waals surface area contributed by atoms with Crippen LogP contribution >= 0.6 is 12.4 Å². The predicted octanol–water partition coefficient (Wildman–Crippen LogP) is 2.35. The van der Waals surface area contributed by atoms with E-state index in [2.05, 4.69) is 9.46 Å². The summed E-state index contributed by atoms with van der Waals surface area (Å²) in [6.07, 6.45) is 3.18. The second kappa shape index (κ2) is 8.47. The number of nitrogens with zero attached hydrogens (tertiary/aromatic N) is 1. The minimum atomic E-state index is -4.20. The third-order valence-electron chi connectivity index (χ3n) is 4.86. The van der Waals surface area contributed by atoms with Gasteiger partial charge in [-0.05, 0) is 24.8 Å². The van der Waals surface area contributed by atoms with E-state index in [1.54, 1.807) is 0 Å². The molecule has 1 fully saturated rings. The number of sulfonamides is 1. The van der Waals surface area contributed by atoms with Gasteiger partial charge in [-0.2, -0.15) is 0 Å². The van der Waals surface area contributed by atoms with Crippen LogP contribution in [-0.4, -0.2) is 32.5 Å². The summed E-state index contributed by atoms with van der Waals surface area (Å²) < 4.78 is 46.8. The Hall–Kier alpha value is -1.49. The largest absolute Gasteiger partial charge is 0.488 e. The summed E-state index contributed by atoms with van der Waals surface area (Å²) in [7, 11) is -3.12. The van der Waals surface area contributed by atoms with E-state index in [0.717, 1.165) is 32.4 Å². The van der Waals surface area contributed by atoms with Crippen LogP contribution in [0.5, 0.6) is 5.75 Å². The summed E-state index contributed by atoms with van der Waals surface area (Å²) in [5, 5.41) is 11.1. The molecule has 0 amide bonds. The monoisotopic (exact) mass is 411 g/mol. The van der Waals surface area contributed by atoms with Gasteiger partial charge >= 0.3 is 5.69 Å². The van der Waals surface area contributed by atoms with Gasteiger partial charge in [0, 0.05) is 18.2 Å². The molecule has 8 nitrogen and oxygen atoms in total. The van der Waals surface area contributed by atoms with E-state index in [9.17, 15) is 22.9 Å². The number of halogens is 2. The second-order valence-electron chi connectivity index (χ2n) is 6.33. The molecule has 0 heterocycles. The highest BCUT2D eigenvalue weighted by Crippen LogP contribution is 2.36. The number of ether oxygens (including phenoxy) is 1. The third-order valence-corrected chi connectivity index (χ3v) is 6.40. The fourth-order valence-corrected chi connectivity index (χ4v) is 4.85. The molecule has 0 radical (unpaired) electrons. The molecule has 0 bridgehead atoms. The van der Waals surface area contributed by atoms with Crippen LogP contribution in [0.15, 0.2) is 17.0 Å². The van der Waals surface area contributed by atoms with Gasteiger partial charge in [-0.15, -0.1) is 12.4 Å². The lowest BCUT2D eigenvalue weighted by Crippen LogP contribution is -2.58. The quantitative estimate of drug-likeness (QED) is 0.546. The maximum atomic E-state index is 14.1. The van der Waals surface area contributed by atoms with Crippen LogP contribution in [0.4, 0.5) is 10.1 Å². The summed E-state index contributed by atoms with van der Waals surface area (Å²) in [5.74, 6) is -1.72. The van der Waals surface area contributed by atoms with Gasteiger partial charge in [-0.25, -0.2) is 17.5 Å². The molecule has 2 unspecified atom stereocenters. The smallest absolute Gasteiger partial charge is 0.315 e. The lowest BCUT2D eigenvalue weighted by atomic mass is 9.74. The van der Waals surface area contributed by atoms with Crippen molar-refractivity contribution in [3.8, 4) is 5.75 Å². The minimum Gasteiger partial charge on any atom is -0.488 e. The zero-order valence-corrected chi connectivity index (χ0v) is 16.2. The van der Waals surface area contributed by atoms with E-state index < -0.39 is 42.6 Å². The first-order valence-electron chi connectivity index (χ1n) is 7.93. The van der Waals surface area contributed by atoms with E-state index in [4.69, 9.17) is 5.73 Å². The molecule has 3 N–H and O–H groups in total. The van der Waals surface area contributed by atoms with Gasteiger partial charge in [0.05, 0.1) is 16.9 Å². The summed E-state index contributed by atoms with van der Waals surface area (Å²) in [6.45, 7) is 2.00. The highest BCUT2D eigenvalue weighted by molar-refractivity contribution is 7.89. The molecule has 2 rings (SSSR count). The average molecular weight is 412 g/mol. The van der Waals surface area contributed by atoms with Gasteiger partial charge < -0.3 is 10.5 Å². The fourth-order valence-electron chi connectivity index (χ4n) is 3.28. The van der Waals surface area contributed by atoms with Crippen molar-refractivity contribution in [1.29, 1.82) is 0 Å². The Bertz CT molecular complexity index is 777. The maximum absolute atomic E-state index is 14.1. The highest BCUT2D eigenvalue weighted by Gasteiger charge is 2.41. The summed E-state index contributed by atoms with van der Waals surface area (Å²) in [6, 6.07) is 1.51. The molecule has 148 valence electrons. The molecule has 11 heteroatoms. The second-order valence-corrected chi connectivity index (χ2v) is 8.01. The predicted molar refractivity (Wildman–Crippen MR) is 96.6 cm³/mol. The van der Waals surface area contributed by atoms with Gasteiger partial charge in [-0.3, -0.25) is 10.1 Å². The Kier molecular flexibility index (Phi) is 7.34. The first-order valence-corrected chi connectivity index (χ1v) is 9.41. The van der Waals surface area contributed by atoms with E-state index >= 15 is 0 Å². The number of nitro groups is 1. The number of benzene rings is 1. The van der Waals surface area contributed by atoms with Crippen LogP contribution in [0.2, 0.25) is 0 Å². The molecule has 26 heavy (non-hydrogen) atoms. The number of hydrogen-bond donors (Lipinski definition) is 2. The van der Waals surface area contributed by atoms with Gasteiger partial charge in [0.2, 0.25) is 15.8 Å². The normalized spacial score (nSPS) is 23.2. The van der Waals surface area contributed by atoms with Crippen molar-refractivity contribution in [2.24, 2.45) is 11.7 Å². The Morgan fingerprint density at radius 3 is 2.62 bits per heavy atom. The zero-order valence-electron chi connectivity index (χ0n) is 14.5. The number of hydrogen-bond acceptors (Lipinski definition) is 6. The van der Waals surface area contributed by atoms with Crippen molar-refractivity contribution >= 4 is 28.1 Å².